The summed E-state index contributed by atoms with van der Waals surface area (Å²) in [5.74, 6) is -2.10. The van der Waals surface area contributed by atoms with Crippen LogP contribution in [0.15, 0.2) is 35.4 Å². The smallest absolute Gasteiger partial charge is 0.329 e. The van der Waals surface area contributed by atoms with E-state index in [4.69, 9.17) is 5.11 Å². The molecule has 130 valence electrons. The molecule has 3 amide bonds. The van der Waals surface area contributed by atoms with Crippen LogP contribution in [0, 0.1) is 0 Å². The van der Waals surface area contributed by atoms with Gasteiger partial charge in [0.25, 0.3) is 0 Å². The van der Waals surface area contributed by atoms with Crippen molar-refractivity contribution in [2.45, 2.75) is 26.3 Å². The molecule has 0 spiro atoms. The predicted octanol–water partition coefficient (Wildman–Crippen LogP) is -0.145. The highest BCUT2D eigenvalue weighted by molar-refractivity contribution is 6.35. The van der Waals surface area contributed by atoms with Crippen molar-refractivity contribution in [3.63, 3.8) is 0 Å². The van der Waals surface area contributed by atoms with Crippen molar-refractivity contribution in [3.05, 3.63) is 35.9 Å². The van der Waals surface area contributed by atoms with Crippen LogP contribution >= 0.6 is 0 Å². The monoisotopic (exact) mass is 334 g/mol. The minimum Gasteiger partial charge on any atom is -0.395 e. The number of aliphatic hydroxyl groups is 1. The number of aliphatic hydroxyl groups excluding tert-OH is 1. The largest absolute Gasteiger partial charge is 0.395 e. The molecule has 0 radical (unpaired) electrons. The molecule has 1 aromatic carbocycles. The summed E-state index contributed by atoms with van der Waals surface area (Å²) in [5, 5.41) is 17.3. The quantitative estimate of drug-likeness (QED) is 0.315. The molecule has 1 aromatic rings. The molecule has 0 bridgehead atoms. The Hall–Kier alpha value is -2.74. The van der Waals surface area contributed by atoms with Gasteiger partial charge < -0.3 is 15.7 Å². The summed E-state index contributed by atoms with van der Waals surface area (Å²) in [6, 6.07) is 9.36. The lowest BCUT2D eigenvalue weighted by molar-refractivity contribution is -0.139. The molecule has 0 saturated heterocycles. The van der Waals surface area contributed by atoms with Gasteiger partial charge in [-0.2, -0.15) is 5.10 Å². The van der Waals surface area contributed by atoms with Crippen molar-refractivity contribution in [2.24, 2.45) is 5.10 Å². The van der Waals surface area contributed by atoms with Crippen molar-refractivity contribution in [1.29, 1.82) is 0 Å². The predicted molar refractivity (Wildman–Crippen MR) is 89.0 cm³/mol. The summed E-state index contributed by atoms with van der Waals surface area (Å²) in [6.07, 6.45) is -0.00425. The van der Waals surface area contributed by atoms with Gasteiger partial charge >= 0.3 is 11.8 Å². The summed E-state index contributed by atoms with van der Waals surface area (Å²) in [7, 11) is 0. The highest BCUT2D eigenvalue weighted by atomic mass is 16.3. The lowest BCUT2D eigenvalue weighted by Gasteiger charge is -2.14. The fourth-order valence-corrected chi connectivity index (χ4v) is 1.84. The molecular formula is C16H22N4O4. The topological polar surface area (TPSA) is 120 Å². The molecule has 0 aliphatic carbocycles. The van der Waals surface area contributed by atoms with Crippen molar-refractivity contribution >= 4 is 23.4 Å². The zero-order chi connectivity index (χ0) is 17.9. The molecule has 1 unspecified atom stereocenters. The van der Waals surface area contributed by atoms with Crippen LogP contribution in [-0.2, 0) is 14.4 Å². The molecule has 0 fully saturated rings. The van der Waals surface area contributed by atoms with Gasteiger partial charge in [-0.25, -0.2) is 5.43 Å². The summed E-state index contributed by atoms with van der Waals surface area (Å²) >= 11 is 0. The Morgan fingerprint density at radius 3 is 2.46 bits per heavy atom. The molecule has 0 heterocycles. The van der Waals surface area contributed by atoms with E-state index in [-0.39, 0.29) is 31.5 Å². The van der Waals surface area contributed by atoms with E-state index in [0.717, 1.165) is 5.56 Å². The lowest BCUT2D eigenvalue weighted by Crippen LogP contribution is -2.39. The maximum absolute atomic E-state index is 11.9. The SMILES string of the molecule is C/C(CC(=O)NC(C)c1ccccc1)=N\NC(=O)C(=O)NCCO. The Balaban J connectivity index is 2.43. The summed E-state index contributed by atoms with van der Waals surface area (Å²) < 4.78 is 0. The molecule has 0 aliphatic heterocycles. The molecule has 0 aliphatic rings. The van der Waals surface area contributed by atoms with Crippen LogP contribution in [0.3, 0.4) is 0 Å². The number of hydrogen-bond donors (Lipinski definition) is 4. The molecule has 8 heteroatoms. The third-order valence-corrected chi connectivity index (χ3v) is 3.05. The lowest BCUT2D eigenvalue weighted by atomic mass is 10.1. The van der Waals surface area contributed by atoms with Gasteiger partial charge in [0.15, 0.2) is 0 Å². The van der Waals surface area contributed by atoms with Gasteiger partial charge in [0.05, 0.1) is 19.1 Å². The minimum absolute atomic E-state index is 0.00425. The number of benzene rings is 1. The number of carbonyl (C=O) groups is 3. The fourth-order valence-electron chi connectivity index (χ4n) is 1.84. The molecular weight excluding hydrogens is 312 g/mol. The van der Waals surface area contributed by atoms with E-state index in [0.29, 0.717) is 5.71 Å². The van der Waals surface area contributed by atoms with E-state index in [2.05, 4.69) is 21.2 Å². The molecule has 0 aromatic heterocycles. The minimum atomic E-state index is -0.958. The molecule has 1 atom stereocenters. The number of hydrogen-bond acceptors (Lipinski definition) is 5. The maximum atomic E-state index is 11.9. The van der Waals surface area contributed by atoms with E-state index >= 15 is 0 Å². The maximum Gasteiger partial charge on any atom is 0.329 e. The Morgan fingerprint density at radius 1 is 1.17 bits per heavy atom. The van der Waals surface area contributed by atoms with Crippen molar-refractivity contribution in [2.75, 3.05) is 13.2 Å². The Bertz CT molecular complexity index is 601. The second-order valence-corrected chi connectivity index (χ2v) is 5.14. The van der Waals surface area contributed by atoms with Crippen molar-refractivity contribution < 1.29 is 19.5 Å². The van der Waals surface area contributed by atoms with Gasteiger partial charge in [-0.1, -0.05) is 30.3 Å². The van der Waals surface area contributed by atoms with Crippen LogP contribution < -0.4 is 16.1 Å². The van der Waals surface area contributed by atoms with Crippen LogP contribution in [0.4, 0.5) is 0 Å². The second-order valence-electron chi connectivity index (χ2n) is 5.14. The molecule has 1 rings (SSSR count). The van der Waals surface area contributed by atoms with Crippen LogP contribution in [-0.4, -0.2) is 41.7 Å². The van der Waals surface area contributed by atoms with Crippen LogP contribution in [0.5, 0.6) is 0 Å². The average molecular weight is 334 g/mol. The third-order valence-electron chi connectivity index (χ3n) is 3.05. The highest BCUT2D eigenvalue weighted by Gasteiger charge is 2.13. The number of amides is 3. The molecule has 24 heavy (non-hydrogen) atoms. The molecule has 0 saturated carbocycles. The third kappa shape index (κ3) is 7.01. The van der Waals surface area contributed by atoms with Gasteiger partial charge in [-0.15, -0.1) is 0 Å². The molecule has 8 nitrogen and oxygen atoms in total. The first kappa shape index (κ1) is 19.3. The summed E-state index contributed by atoms with van der Waals surface area (Å²) in [6.45, 7) is 3.15. The standard InChI is InChI=1S/C16H22N4O4/c1-11(19-20-16(24)15(23)17-8-9-21)10-14(22)18-12(2)13-6-4-3-5-7-13/h3-7,12,21H,8-10H2,1-2H3,(H,17,23)(H,18,22)(H,20,24)/b19-11+. The number of nitrogens with one attached hydrogen (secondary N) is 3. The van der Waals surface area contributed by atoms with Crippen LogP contribution in [0.2, 0.25) is 0 Å². The van der Waals surface area contributed by atoms with Crippen LogP contribution in [0.25, 0.3) is 0 Å². The van der Waals surface area contributed by atoms with Crippen molar-refractivity contribution in [3.8, 4) is 0 Å². The van der Waals surface area contributed by atoms with Gasteiger partial charge in [-0.3, -0.25) is 14.4 Å². The molecule has 4 N–H and O–H groups in total. The van der Waals surface area contributed by atoms with Gasteiger partial charge in [0.1, 0.15) is 0 Å². The van der Waals surface area contributed by atoms with Gasteiger partial charge in [0.2, 0.25) is 5.91 Å². The summed E-state index contributed by atoms with van der Waals surface area (Å²) in [5.41, 5.74) is 3.40. The van der Waals surface area contributed by atoms with E-state index in [9.17, 15) is 14.4 Å². The van der Waals surface area contributed by atoms with E-state index in [1.807, 2.05) is 37.3 Å². The first-order valence-electron chi connectivity index (χ1n) is 7.50. The van der Waals surface area contributed by atoms with Gasteiger partial charge in [0, 0.05) is 12.3 Å². The Morgan fingerprint density at radius 2 is 1.83 bits per heavy atom. The van der Waals surface area contributed by atoms with Gasteiger partial charge in [-0.05, 0) is 19.4 Å². The zero-order valence-corrected chi connectivity index (χ0v) is 13.7. The Labute approximate surface area is 140 Å². The first-order chi connectivity index (χ1) is 11.4. The second kappa shape index (κ2) is 10.1. The normalized spacial score (nSPS) is 12.2. The van der Waals surface area contributed by atoms with Crippen LogP contribution in [0.1, 0.15) is 31.9 Å². The van der Waals surface area contributed by atoms with E-state index in [1.54, 1.807) is 6.92 Å². The summed E-state index contributed by atoms with van der Waals surface area (Å²) in [4.78, 5) is 34.6. The number of carbonyl (C=O) groups excluding carboxylic acids is 3. The van der Waals surface area contributed by atoms with E-state index < -0.39 is 11.8 Å². The average Bonchev–Trinajstić information content (AvgIpc) is 2.58. The van der Waals surface area contributed by atoms with E-state index in [1.165, 1.54) is 0 Å². The number of nitrogens with zero attached hydrogens (tertiary/aromatic N) is 1. The fraction of sp³-hybridized carbons (Fsp3) is 0.375. The zero-order valence-electron chi connectivity index (χ0n) is 13.7. The number of rotatable bonds is 7. The Kier molecular flexibility index (Phi) is 8.14. The highest BCUT2D eigenvalue weighted by Crippen LogP contribution is 2.11. The number of hydrazone groups is 1. The first-order valence-corrected chi connectivity index (χ1v) is 7.50. The van der Waals surface area contributed by atoms with Crippen molar-refractivity contribution in [1.82, 2.24) is 16.1 Å².